The Morgan fingerprint density at radius 1 is 1.05 bits per heavy atom. The molecule has 0 N–H and O–H groups in total. The van der Waals surface area contributed by atoms with Gasteiger partial charge in [-0.2, -0.15) is 0 Å². The van der Waals surface area contributed by atoms with Crippen LogP contribution in [0.25, 0.3) is 11.4 Å². The smallest absolute Gasteiger partial charge is 0.337 e. The number of nitrogens with zero attached hydrogens (tertiary/aromatic N) is 2. The van der Waals surface area contributed by atoms with Crippen molar-refractivity contribution in [1.82, 2.24) is 9.97 Å². The van der Waals surface area contributed by atoms with Crippen LogP contribution in [0.15, 0.2) is 36.7 Å². The number of hydrogen-bond donors (Lipinski definition) is 0. The SMILES string of the molecule is COC(=O)c1ccnc(-c2ccc(C(C)=O)cn2)c1. The third-order valence-electron chi connectivity index (χ3n) is 2.61. The fourth-order valence-corrected chi connectivity index (χ4v) is 1.57. The zero-order chi connectivity index (χ0) is 13.8. The first-order chi connectivity index (χ1) is 9.11. The van der Waals surface area contributed by atoms with E-state index < -0.39 is 5.97 Å². The van der Waals surface area contributed by atoms with E-state index in [1.54, 1.807) is 24.3 Å². The molecule has 0 radical (unpaired) electrons. The van der Waals surface area contributed by atoms with Crippen LogP contribution in [-0.4, -0.2) is 28.8 Å². The number of Topliss-reactive ketones (excluding diaryl/α,β-unsaturated/α-hetero) is 1. The summed E-state index contributed by atoms with van der Waals surface area (Å²) >= 11 is 0. The summed E-state index contributed by atoms with van der Waals surface area (Å²) in [5, 5.41) is 0. The van der Waals surface area contributed by atoms with Gasteiger partial charge in [-0.25, -0.2) is 4.79 Å². The molecule has 0 saturated heterocycles. The van der Waals surface area contributed by atoms with Crippen molar-refractivity contribution in [3.63, 3.8) is 0 Å². The van der Waals surface area contributed by atoms with Crippen molar-refractivity contribution in [2.24, 2.45) is 0 Å². The number of ketones is 1. The summed E-state index contributed by atoms with van der Waals surface area (Å²) in [6.07, 6.45) is 3.01. The van der Waals surface area contributed by atoms with Crippen LogP contribution in [0.1, 0.15) is 27.6 Å². The Balaban J connectivity index is 2.36. The first-order valence-electron chi connectivity index (χ1n) is 5.63. The zero-order valence-electron chi connectivity index (χ0n) is 10.6. The van der Waals surface area contributed by atoms with Gasteiger partial charge in [0, 0.05) is 18.0 Å². The maximum absolute atomic E-state index is 11.4. The van der Waals surface area contributed by atoms with Gasteiger partial charge in [0.1, 0.15) is 0 Å². The average molecular weight is 256 g/mol. The molecule has 0 unspecified atom stereocenters. The van der Waals surface area contributed by atoms with Gasteiger partial charge >= 0.3 is 5.97 Å². The molecule has 2 rings (SSSR count). The van der Waals surface area contributed by atoms with Gasteiger partial charge in [0.05, 0.1) is 24.1 Å². The highest BCUT2D eigenvalue weighted by molar-refractivity contribution is 5.94. The Morgan fingerprint density at radius 2 is 1.84 bits per heavy atom. The molecule has 0 amide bonds. The largest absolute Gasteiger partial charge is 0.465 e. The van der Waals surface area contributed by atoms with Gasteiger partial charge in [0.2, 0.25) is 0 Å². The molecule has 2 aromatic rings. The second kappa shape index (κ2) is 5.39. The molecule has 96 valence electrons. The van der Waals surface area contributed by atoms with E-state index in [1.807, 2.05) is 0 Å². The molecule has 2 heterocycles. The van der Waals surface area contributed by atoms with Crippen LogP contribution in [-0.2, 0) is 4.74 Å². The van der Waals surface area contributed by atoms with Crippen LogP contribution >= 0.6 is 0 Å². The summed E-state index contributed by atoms with van der Waals surface area (Å²) in [6, 6.07) is 6.54. The van der Waals surface area contributed by atoms with Crippen molar-refractivity contribution >= 4 is 11.8 Å². The molecule has 2 aromatic heterocycles. The maximum atomic E-state index is 11.4. The highest BCUT2D eigenvalue weighted by Gasteiger charge is 2.09. The molecule has 0 aliphatic heterocycles. The first-order valence-corrected chi connectivity index (χ1v) is 5.63. The summed E-state index contributed by atoms with van der Waals surface area (Å²) in [6.45, 7) is 1.48. The minimum Gasteiger partial charge on any atom is -0.465 e. The summed E-state index contributed by atoms with van der Waals surface area (Å²) in [4.78, 5) is 30.9. The van der Waals surface area contributed by atoms with E-state index in [2.05, 4.69) is 14.7 Å². The standard InChI is InChI=1S/C14H12N2O3/c1-9(17)11-3-4-12(16-8-11)13-7-10(5-6-15-13)14(18)19-2/h3-8H,1-2H3. The second-order valence-corrected chi connectivity index (χ2v) is 3.91. The average Bonchev–Trinajstić information content (AvgIpc) is 2.46. The van der Waals surface area contributed by atoms with Gasteiger partial charge in [-0.15, -0.1) is 0 Å². The van der Waals surface area contributed by atoms with Crippen LogP contribution in [0, 0.1) is 0 Å². The molecule has 0 saturated carbocycles. The minimum absolute atomic E-state index is 0.0460. The zero-order valence-corrected chi connectivity index (χ0v) is 10.6. The fourth-order valence-electron chi connectivity index (χ4n) is 1.57. The quantitative estimate of drug-likeness (QED) is 0.621. The first kappa shape index (κ1) is 12.9. The van der Waals surface area contributed by atoms with E-state index in [0.29, 0.717) is 22.5 Å². The molecular weight excluding hydrogens is 244 g/mol. The predicted molar refractivity (Wildman–Crippen MR) is 68.8 cm³/mol. The van der Waals surface area contributed by atoms with Gasteiger partial charge in [-0.1, -0.05) is 0 Å². The van der Waals surface area contributed by atoms with Crippen molar-refractivity contribution in [3.05, 3.63) is 47.8 Å². The lowest BCUT2D eigenvalue weighted by Gasteiger charge is -2.03. The molecular formula is C14H12N2O3. The third kappa shape index (κ3) is 2.82. The van der Waals surface area contributed by atoms with Crippen molar-refractivity contribution in [2.75, 3.05) is 7.11 Å². The summed E-state index contributed by atoms with van der Waals surface area (Å²) < 4.78 is 4.65. The lowest BCUT2D eigenvalue weighted by molar-refractivity contribution is 0.0600. The van der Waals surface area contributed by atoms with E-state index in [-0.39, 0.29) is 5.78 Å². The molecule has 0 bridgehead atoms. The highest BCUT2D eigenvalue weighted by Crippen LogP contribution is 2.16. The van der Waals surface area contributed by atoms with E-state index in [1.165, 1.54) is 26.4 Å². The van der Waals surface area contributed by atoms with Gasteiger partial charge < -0.3 is 4.74 Å². The summed E-state index contributed by atoms with van der Waals surface area (Å²) in [5.74, 6) is -0.473. The van der Waals surface area contributed by atoms with E-state index in [0.717, 1.165) is 0 Å². The van der Waals surface area contributed by atoms with Gasteiger partial charge in [0.25, 0.3) is 0 Å². The number of rotatable bonds is 3. The fraction of sp³-hybridized carbons (Fsp3) is 0.143. The predicted octanol–water partition coefficient (Wildman–Crippen LogP) is 2.13. The van der Waals surface area contributed by atoms with Gasteiger partial charge in [-0.3, -0.25) is 14.8 Å². The van der Waals surface area contributed by atoms with Crippen LogP contribution in [0.2, 0.25) is 0 Å². The minimum atomic E-state index is -0.427. The summed E-state index contributed by atoms with van der Waals surface area (Å²) in [7, 11) is 1.32. The molecule has 0 atom stereocenters. The van der Waals surface area contributed by atoms with Crippen LogP contribution in [0.3, 0.4) is 0 Å². The summed E-state index contributed by atoms with van der Waals surface area (Å²) in [5.41, 5.74) is 2.09. The molecule has 0 aliphatic carbocycles. The van der Waals surface area contributed by atoms with E-state index in [9.17, 15) is 9.59 Å². The van der Waals surface area contributed by atoms with Crippen LogP contribution in [0.4, 0.5) is 0 Å². The van der Waals surface area contributed by atoms with Crippen molar-refractivity contribution in [2.45, 2.75) is 6.92 Å². The number of ether oxygens (including phenoxy) is 1. The Morgan fingerprint density at radius 3 is 2.42 bits per heavy atom. The molecule has 0 aliphatic rings. The lowest BCUT2D eigenvalue weighted by atomic mass is 10.1. The topological polar surface area (TPSA) is 69.2 Å². The Kier molecular flexibility index (Phi) is 3.66. The van der Waals surface area contributed by atoms with Crippen LogP contribution in [0.5, 0.6) is 0 Å². The number of methoxy groups -OCH3 is 1. The number of hydrogen-bond acceptors (Lipinski definition) is 5. The van der Waals surface area contributed by atoms with E-state index >= 15 is 0 Å². The Labute approximate surface area is 110 Å². The normalized spacial score (nSPS) is 10.0. The molecule has 0 fully saturated rings. The molecule has 0 aromatic carbocycles. The number of carbonyl (C=O) groups is 2. The Hall–Kier alpha value is -2.56. The van der Waals surface area contributed by atoms with Crippen LogP contribution < -0.4 is 0 Å². The third-order valence-corrected chi connectivity index (χ3v) is 2.61. The number of carbonyl (C=O) groups excluding carboxylic acids is 2. The monoisotopic (exact) mass is 256 g/mol. The van der Waals surface area contributed by atoms with E-state index in [4.69, 9.17) is 0 Å². The second-order valence-electron chi connectivity index (χ2n) is 3.91. The van der Waals surface area contributed by atoms with Gasteiger partial charge in [-0.05, 0) is 31.2 Å². The number of esters is 1. The highest BCUT2D eigenvalue weighted by atomic mass is 16.5. The number of aromatic nitrogens is 2. The Bertz CT molecular complexity index is 621. The van der Waals surface area contributed by atoms with Crippen molar-refractivity contribution < 1.29 is 14.3 Å². The van der Waals surface area contributed by atoms with Crippen molar-refractivity contribution in [3.8, 4) is 11.4 Å². The lowest BCUT2D eigenvalue weighted by Crippen LogP contribution is -2.02. The molecule has 5 nitrogen and oxygen atoms in total. The number of pyridine rings is 2. The molecule has 19 heavy (non-hydrogen) atoms. The van der Waals surface area contributed by atoms with Crippen molar-refractivity contribution in [1.29, 1.82) is 0 Å². The molecule has 5 heteroatoms. The maximum Gasteiger partial charge on any atom is 0.337 e. The van der Waals surface area contributed by atoms with Gasteiger partial charge in [0.15, 0.2) is 5.78 Å². The molecule has 0 spiro atoms.